The van der Waals surface area contributed by atoms with Gasteiger partial charge in [0, 0.05) is 6.54 Å². The predicted octanol–water partition coefficient (Wildman–Crippen LogP) is -2.21. The van der Waals surface area contributed by atoms with Gasteiger partial charge in [0.1, 0.15) is 0 Å². The van der Waals surface area contributed by atoms with Gasteiger partial charge in [-0.05, 0) is 0 Å². The smallest absolute Gasteiger partial charge is 0.790 e. The Hall–Kier alpha value is 0.810. The quantitative estimate of drug-likeness (QED) is 0.450. The number of phosphoric ester groups is 1. The molecule has 0 radical (unpaired) electrons. The van der Waals surface area contributed by atoms with Gasteiger partial charge in [-0.25, -0.2) is 0 Å². The van der Waals surface area contributed by atoms with Crippen LogP contribution in [0.4, 0.5) is 0 Å². The number of phosphoric acid groups is 1. The molecule has 0 saturated carbocycles. The van der Waals surface area contributed by atoms with Crippen LogP contribution in [0.3, 0.4) is 0 Å². The van der Waals surface area contributed by atoms with Crippen LogP contribution in [0.2, 0.25) is 0 Å². The molecule has 0 fully saturated rings. The van der Waals surface area contributed by atoms with Crippen molar-refractivity contribution < 1.29 is 41.3 Å². The SMILES string of the molecule is NCCOP(=O)([O-])[O-].[Ag+]. The van der Waals surface area contributed by atoms with Gasteiger partial charge in [0.25, 0.3) is 0 Å². The van der Waals surface area contributed by atoms with E-state index in [2.05, 4.69) is 4.52 Å². The molecule has 0 unspecified atom stereocenters. The minimum atomic E-state index is -4.76. The molecule has 0 amide bonds. The number of nitrogens with two attached hydrogens (primary N) is 1. The van der Waals surface area contributed by atoms with Crippen molar-refractivity contribution in [1.82, 2.24) is 0 Å². The second-order valence-corrected chi connectivity index (χ2v) is 2.22. The zero-order valence-electron chi connectivity index (χ0n) is 4.37. The van der Waals surface area contributed by atoms with Crippen LogP contribution in [-0.2, 0) is 31.5 Å². The Bertz CT molecular complexity index is 103. The number of rotatable bonds is 3. The van der Waals surface area contributed by atoms with Gasteiger partial charge >= 0.3 is 22.4 Å². The Morgan fingerprint density at radius 1 is 1.56 bits per heavy atom. The third kappa shape index (κ3) is 12.1. The predicted molar refractivity (Wildman–Crippen MR) is 22.6 cm³/mol. The van der Waals surface area contributed by atoms with Gasteiger partial charge in [0.15, 0.2) is 0 Å². The Balaban J connectivity index is 0. The van der Waals surface area contributed by atoms with Gasteiger partial charge in [-0.1, -0.05) is 0 Å². The van der Waals surface area contributed by atoms with Crippen molar-refractivity contribution in [2.75, 3.05) is 13.2 Å². The zero-order chi connectivity index (χ0) is 6.62. The number of hydrogen-bond acceptors (Lipinski definition) is 5. The van der Waals surface area contributed by atoms with Crippen molar-refractivity contribution >= 4 is 7.82 Å². The second-order valence-electron chi connectivity index (χ2n) is 1.07. The second kappa shape index (κ2) is 5.58. The minimum Gasteiger partial charge on any atom is -0.790 e. The molecule has 0 spiro atoms. The van der Waals surface area contributed by atoms with Crippen LogP contribution in [0.15, 0.2) is 0 Å². The van der Waals surface area contributed by atoms with Crippen LogP contribution in [-0.4, -0.2) is 13.2 Å². The van der Waals surface area contributed by atoms with Crippen LogP contribution >= 0.6 is 7.82 Å². The van der Waals surface area contributed by atoms with E-state index in [4.69, 9.17) is 5.73 Å². The fourth-order valence-corrected chi connectivity index (χ4v) is 0.494. The summed E-state index contributed by atoms with van der Waals surface area (Å²) in [4.78, 5) is 19.2. The zero-order valence-corrected chi connectivity index (χ0v) is 6.75. The maximum absolute atomic E-state index is 9.58. The normalized spacial score (nSPS) is 10.6. The van der Waals surface area contributed by atoms with E-state index in [1.165, 1.54) is 0 Å². The third-order valence-electron chi connectivity index (χ3n) is 0.367. The average molecular weight is 247 g/mol. The van der Waals surface area contributed by atoms with Crippen LogP contribution in [0.25, 0.3) is 0 Å². The standard InChI is InChI=1S/C2H8NO4P.Ag/c3-1-2-7-8(4,5)6;/h1-3H2,(H2,4,5,6);/q;+1/p-2. The molecule has 60 valence electrons. The van der Waals surface area contributed by atoms with E-state index < -0.39 is 7.82 Å². The molecular weight excluding hydrogens is 241 g/mol. The van der Waals surface area contributed by atoms with Crippen molar-refractivity contribution in [2.24, 2.45) is 5.73 Å². The first-order valence-electron chi connectivity index (χ1n) is 1.93. The van der Waals surface area contributed by atoms with Gasteiger partial charge < -0.3 is 24.6 Å². The fraction of sp³-hybridized carbons (Fsp3) is 1.00. The molecule has 9 heavy (non-hydrogen) atoms. The molecule has 2 N–H and O–H groups in total. The van der Waals surface area contributed by atoms with E-state index in [1.807, 2.05) is 0 Å². The summed E-state index contributed by atoms with van der Waals surface area (Å²) >= 11 is 0. The summed E-state index contributed by atoms with van der Waals surface area (Å²) in [5, 5.41) is 0. The molecule has 0 rings (SSSR count). The summed E-state index contributed by atoms with van der Waals surface area (Å²) in [7, 11) is -4.76. The van der Waals surface area contributed by atoms with Crippen molar-refractivity contribution in [3.8, 4) is 0 Å². The first-order valence-corrected chi connectivity index (χ1v) is 3.39. The van der Waals surface area contributed by atoms with Crippen LogP contribution in [0.1, 0.15) is 0 Å². The number of hydrogen-bond donors (Lipinski definition) is 1. The van der Waals surface area contributed by atoms with Gasteiger partial charge in [0.05, 0.1) is 14.4 Å². The largest absolute Gasteiger partial charge is 1.00 e. The van der Waals surface area contributed by atoms with Gasteiger partial charge in [-0.2, -0.15) is 0 Å². The average Bonchev–Trinajstić information content (AvgIpc) is 1.59. The molecule has 0 saturated heterocycles. The van der Waals surface area contributed by atoms with Gasteiger partial charge in [-0.3, -0.25) is 0 Å². The molecule has 0 bridgehead atoms. The minimum absolute atomic E-state index is 0. The van der Waals surface area contributed by atoms with Gasteiger partial charge in [0.2, 0.25) is 0 Å². The Labute approximate surface area is 68.3 Å². The van der Waals surface area contributed by atoms with E-state index in [0.717, 1.165) is 0 Å². The topological polar surface area (TPSA) is 98.4 Å². The Morgan fingerprint density at radius 3 is 2.11 bits per heavy atom. The van der Waals surface area contributed by atoms with Crippen LogP contribution < -0.4 is 15.5 Å². The summed E-state index contributed by atoms with van der Waals surface area (Å²) < 4.78 is 13.3. The molecule has 0 aromatic carbocycles. The van der Waals surface area contributed by atoms with Crippen molar-refractivity contribution in [3.05, 3.63) is 0 Å². The third-order valence-corrected chi connectivity index (χ3v) is 0.866. The van der Waals surface area contributed by atoms with E-state index >= 15 is 0 Å². The monoisotopic (exact) mass is 246 g/mol. The molecule has 5 nitrogen and oxygen atoms in total. The first kappa shape index (κ1) is 12.5. The molecule has 7 heteroatoms. The molecule has 0 aliphatic rings. The molecule has 0 atom stereocenters. The maximum Gasteiger partial charge on any atom is 1.00 e. The molecular formula is C2H6AgNO4P-. The summed E-state index contributed by atoms with van der Waals surface area (Å²) in [6.45, 7) is -0.196. The maximum atomic E-state index is 9.58. The van der Waals surface area contributed by atoms with Crippen molar-refractivity contribution in [2.45, 2.75) is 0 Å². The molecule has 0 aliphatic heterocycles. The van der Waals surface area contributed by atoms with E-state index in [0.29, 0.717) is 0 Å². The van der Waals surface area contributed by atoms with Crippen LogP contribution in [0, 0.1) is 0 Å². The summed E-state index contributed by atoms with van der Waals surface area (Å²) in [6.07, 6.45) is 0. The molecule has 0 aliphatic carbocycles. The van der Waals surface area contributed by atoms with E-state index in [-0.39, 0.29) is 35.5 Å². The van der Waals surface area contributed by atoms with Crippen molar-refractivity contribution in [1.29, 1.82) is 0 Å². The van der Waals surface area contributed by atoms with E-state index in [1.54, 1.807) is 0 Å². The van der Waals surface area contributed by atoms with Gasteiger partial charge in [-0.15, -0.1) is 0 Å². The Morgan fingerprint density at radius 2 is 2.00 bits per heavy atom. The molecule has 0 aromatic rings. The first-order chi connectivity index (χ1) is 3.56. The molecule has 0 aromatic heterocycles. The van der Waals surface area contributed by atoms with Crippen molar-refractivity contribution in [3.63, 3.8) is 0 Å². The Kier molecular flexibility index (Phi) is 7.75. The summed E-state index contributed by atoms with van der Waals surface area (Å²) in [6, 6.07) is 0. The molecule has 0 heterocycles. The summed E-state index contributed by atoms with van der Waals surface area (Å²) in [5.41, 5.74) is 4.81. The fourth-order valence-electron chi connectivity index (χ4n) is 0.165. The summed E-state index contributed by atoms with van der Waals surface area (Å²) in [5.74, 6) is 0. The van der Waals surface area contributed by atoms with Crippen LogP contribution in [0.5, 0.6) is 0 Å². The van der Waals surface area contributed by atoms with E-state index in [9.17, 15) is 14.4 Å².